The van der Waals surface area contributed by atoms with Crippen LogP contribution >= 0.6 is 23.5 Å². The summed E-state index contributed by atoms with van der Waals surface area (Å²) in [5.74, 6) is -5.53. The van der Waals surface area contributed by atoms with Gasteiger partial charge in [-0.15, -0.1) is 23.5 Å². The van der Waals surface area contributed by atoms with Crippen molar-refractivity contribution >= 4 is 113 Å². The van der Waals surface area contributed by atoms with Crippen molar-refractivity contribution in [3.8, 4) is 11.4 Å². The van der Waals surface area contributed by atoms with Crippen molar-refractivity contribution in [1.29, 1.82) is 0 Å². The van der Waals surface area contributed by atoms with Crippen LogP contribution in [0.3, 0.4) is 0 Å². The van der Waals surface area contributed by atoms with Crippen LogP contribution in [0.1, 0.15) is 70.9 Å². The highest BCUT2D eigenvalue weighted by Gasteiger charge is 2.53. The van der Waals surface area contributed by atoms with Crippen molar-refractivity contribution < 1.29 is 103 Å². The molecular formula is C83H108N16O24S4. The molecule has 127 heavy (non-hydrogen) atoms. The van der Waals surface area contributed by atoms with Crippen LogP contribution in [0.4, 0.5) is 0 Å². The van der Waals surface area contributed by atoms with Crippen LogP contribution in [-0.2, 0) is 122 Å². The summed E-state index contributed by atoms with van der Waals surface area (Å²) in [6, 6.07) is 19.7. The molecule has 2 fully saturated rings. The van der Waals surface area contributed by atoms with Crippen molar-refractivity contribution in [2.24, 2.45) is 0 Å². The monoisotopic (exact) mass is 1840 g/mol. The molecule has 0 unspecified atom stereocenters. The lowest BCUT2D eigenvalue weighted by molar-refractivity contribution is -0.142. The van der Waals surface area contributed by atoms with E-state index in [1.165, 1.54) is 103 Å². The Bertz CT molecular complexity index is 5030. The highest BCUT2D eigenvalue weighted by atomic mass is 32.2. The highest BCUT2D eigenvalue weighted by Crippen LogP contribution is 2.44. The van der Waals surface area contributed by atoms with Crippen LogP contribution in [-0.4, -0.2) is 299 Å². The summed E-state index contributed by atoms with van der Waals surface area (Å²) >= 11 is 2.50. The van der Waals surface area contributed by atoms with E-state index in [9.17, 15) is 75.0 Å². The highest BCUT2D eigenvalue weighted by molar-refractivity contribution is 8.02. The lowest BCUT2D eigenvalue weighted by atomic mass is 10.0. The largest absolute Gasteiger partial charge is 0.480 e. The Labute approximate surface area is 741 Å². The molecule has 40 nitrogen and oxygen atoms in total. The number of hydrogen-bond acceptors (Lipinski definition) is 28. The smallest absolute Gasteiger partial charge is 0.335 e. The normalized spacial score (nSPS) is 15.7. The second kappa shape index (κ2) is 48.6. The van der Waals surface area contributed by atoms with Crippen molar-refractivity contribution in [3.63, 3.8) is 0 Å². The van der Waals surface area contributed by atoms with Gasteiger partial charge in [0.25, 0.3) is 0 Å². The van der Waals surface area contributed by atoms with Gasteiger partial charge in [0.15, 0.2) is 11.3 Å². The van der Waals surface area contributed by atoms with Gasteiger partial charge in [0, 0.05) is 125 Å². The molecule has 4 atom stereocenters. The standard InChI is InChI=1S/C83H108N16O24S4/c1-82(2)72(96(56-124-82)126(112,113)62-12-5-26-84-52-62)76(104)92-64(78(106)107)50-58-16-20-60(21-17-58)98-74-66(14-7-28-90-74)94(80(98)110)54-70(102)88-32-40-122-48-46-120-38-24-68(100)86-30-9-34-116-42-44-118-36-11-37-119-45-43-117-35-10-31-87-69(101)25-39-121-47-49-123-41-33-89-71(103)55-95-67-15-8-29-91-75(67)99(81(95)111)61-22-18-59(19-23-61)51-65(79(108)109)93-77(105)73-83(3,4)125-57-97(73)127(114,115)63-13-6-27-85-53-63/h5-8,12-23,26-29,52-53,64-65,72-73H,9-11,24-25,30-51,54-57H2,1-4H3,(H,86,100)(H,87,101)(H,88,102)(H,89,103)(H,92,104)(H,93,105)(H,106,107)(H,108,109)/t64-,65-,72+,73+/m0/s1. The van der Waals surface area contributed by atoms with E-state index in [4.69, 9.17) is 37.9 Å². The lowest BCUT2D eigenvalue weighted by Gasteiger charge is -2.30. The number of aromatic nitrogens is 8. The van der Waals surface area contributed by atoms with Gasteiger partial charge in [0.2, 0.25) is 55.5 Å². The second-order valence-electron chi connectivity index (χ2n) is 30.2. The van der Waals surface area contributed by atoms with E-state index in [0.29, 0.717) is 119 Å². The summed E-state index contributed by atoms with van der Waals surface area (Å²) < 4.78 is 105. The summed E-state index contributed by atoms with van der Waals surface area (Å²) in [6.45, 7) is 12.4. The first kappa shape index (κ1) is 98.7. The fraction of sp³-hybridized carbons (Fsp3) is 0.494. The maximum atomic E-state index is 13.9. The number of carbonyl (C=O) groups is 8. The minimum Gasteiger partial charge on any atom is -0.480 e. The number of benzene rings is 2. The summed E-state index contributed by atoms with van der Waals surface area (Å²) in [7, 11) is -8.32. The number of rotatable bonds is 56. The first-order chi connectivity index (χ1) is 61.1. The van der Waals surface area contributed by atoms with Gasteiger partial charge in [-0.25, -0.2) is 55.1 Å². The molecule has 0 aliphatic carbocycles. The van der Waals surface area contributed by atoms with Gasteiger partial charge in [-0.05, 0) is 131 Å². The summed E-state index contributed by atoms with van der Waals surface area (Å²) in [6.07, 6.45) is 10.1. The Morgan fingerprint density at radius 2 is 0.772 bits per heavy atom. The van der Waals surface area contributed by atoms with Crippen molar-refractivity contribution in [2.75, 3.05) is 144 Å². The maximum Gasteiger partial charge on any atom is 0.335 e. The molecule has 2 aromatic carbocycles. The Balaban J connectivity index is 0.477. The molecule has 2 aliphatic heterocycles. The molecule has 8 aromatic rings. The van der Waals surface area contributed by atoms with E-state index in [2.05, 4.69) is 51.8 Å². The SMILES string of the molecule is CC1(C)SCN(S(=O)(=O)c2cccnc2)[C@@H]1C(=O)N[C@@H](Cc1ccc(-n2c(=O)n(CC(=O)NCCOCCOCCC(=O)NCCCOCCOCCCOCCOCCCNC(=O)CCOCCOCCNC(=O)Cn3c(=O)n(-c4ccc(C[C@H](NC(=O)[C@H]5N(S(=O)(=O)c6cccnc6)CSC5(C)C)C(=O)O)cc4)c4ncccc43)c3cccnc32)cc1)C(=O)O. The zero-order chi connectivity index (χ0) is 90.9. The number of aliphatic carboxylic acids is 2. The summed E-state index contributed by atoms with van der Waals surface area (Å²) in [5.41, 5.74) is 1.96. The van der Waals surface area contributed by atoms with E-state index in [-0.39, 0.29) is 149 Å². The molecule has 688 valence electrons. The molecule has 0 radical (unpaired) electrons. The number of pyridine rings is 4. The van der Waals surface area contributed by atoms with Crippen LogP contribution in [0, 0.1) is 0 Å². The Morgan fingerprint density at radius 1 is 0.433 bits per heavy atom. The predicted octanol–water partition coefficient (Wildman–Crippen LogP) is 2.03. The van der Waals surface area contributed by atoms with Crippen LogP contribution < -0.4 is 43.3 Å². The first-order valence-electron chi connectivity index (χ1n) is 41.2. The number of carboxylic acids is 2. The number of thioether (sulfide) groups is 2. The fourth-order valence-corrected chi connectivity index (χ4v) is 20.0. The Hall–Kier alpha value is -10.5. The van der Waals surface area contributed by atoms with Crippen LogP contribution in [0.2, 0.25) is 0 Å². The number of hydrogen-bond donors (Lipinski definition) is 8. The summed E-state index contributed by atoms with van der Waals surface area (Å²) in [4.78, 5) is 148. The van der Waals surface area contributed by atoms with Crippen LogP contribution in [0.5, 0.6) is 0 Å². The average molecular weight is 1840 g/mol. The van der Waals surface area contributed by atoms with E-state index in [1.54, 1.807) is 100 Å². The van der Waals surface area contributed by atoms with E-state index >= 15 is 0 Å². The maximum absolute atomic E-state index is 13.9. The number of carboxylic acid groups (broad SMARTS) is 2. The topological polar surface area (TPSA) is 503 Å². The molecule has 0 saturated carbocycles. The fourth-order valence-electron chi connectivity index (χ4n) is 13.7. The number of imidazole rings is 2. The number of amides is 6. The molecular weight excluding hydrogens is 1730 g/mol. The minimum atomic E-state index is -4.16. The molecule has 8 N–H and O–H groups in total. The van der Waals surface area contributed by atoms with E-state index in [0.717, 1.165) is 8.61 Å². The van der Waals surface area contributed by atoms with Crippen molar-refractivity contribution in [3.05, 3.63) is 166 Å². The molecule has 6 amide bonds. The second-order valence-corrected chi connectivity index (χ2v) is 37.2. The quantitative estimate of drug-likeness (QED) is 0.0253. The zero-order valence-corrected chi connectivity index (χ0v) is 74.2. The molecule has 0 spiro atoms. The minimum absolute atomic E-state index is 0.0302. The van der Waals surface area contributed by atoms with Crippen LogP contribution in [0.25, 0.3) is 33.7 Å². The number of ether oxygens (including phenoxy) is 8. The number of nitrogens with one attached hydrogen (secondary N) is 6. The third-order valence-corrected chi connectivity index (χ3v) is 26.9. The Morgan fingerprint density at radius 3 is 1.13 bits per heavy atom. The number of nitrogens with zero attached hydrogens (tertiary/aromatic N) is 10. The van der Waals surface area contributed by atoms with Crippen molar-refractivity contribution in [1.82, 2.24) is 78.7 Å². The van der Waals surface area contributed by atoms with E-state index in [1.807, 2.05) is 0 Å². The molecule has 6 aromatic heterocycles. The van der Waals surface area contributed by atoms with E-state index < -0.39 is 101 Å². The predicted molar refractivity (Wildman–Crippen MR) is 466 cm³/mol. The van der Waals surface area contributed by atoms with Gasteiger partial charge < -0.3 is 80.0 Å². The molecule has 2 saturated heterocycles. The van der Waals surface area contributed by atoms with Gasteiger partial charge in [0.05, 0.1) is 113 Å². The van der Waals surface area contributed by atoms with Gasteiger partial charge in [-0.2, -0.15) is 8.61 Å². The van der Waals surface area contributed by atoms with Crippen molar-refractivity contribution in [2.45, 2.75) is 129 Å². The lowest BCUT2D eigenvalue weighted by Crippen LogP contribution is -2.56. The molecule has 0 bridgehead atoms. The number of carbonyl (C=O) groups excluding carboxylic acids is 6. The molecule has 44 heteroatoms. The third-order valence-electron chi connectivity index (χ3n) is 20.2. The number of sulfonamides is 2. The number of fused-ring (bicyclic) bond motifs is 2. The summed E-state index contributed by atoms with van der Waals surface area (Å²) in [5, 5.41) is 36.7. The molecule has 2 aliphatic rings. The molecule has 8 heterocycles. The van der Waals surface area contributed by atoms with Gasteiger partial charge in [-0.1, -0.05) is 24.3 Å². The van der Waals surface area contributed by atoms with Gasteiger partial charge in [-0.3, -0.25) is 47.9 Å². The first-order valence-corrected chi connectivity index (χ1v) is 46.1. The van der Waals surface area contributed by atoms with Crippen LogP contribution in [0.15, 0.2) is 154 Å². The van der Waals surface area contributed by atoms with Gasteiger partial charge in [0.1, 0.15) is 47.0 Å². The zero-order valence-electron chi connectivity index (χ0n) is 70.9. The van der Waals surface area contributed by atoms with Gasteiger partial charge >= 0.3 is 23.3 Å². The Kier molecular flexibility index (Phi) is 37.8. The average Bonchev–Trinajstić information content (AvgIpc) is 1.66. The third kappa shape index (κ3) is 28.3. The molecule has 10 rings (SSSR count).